The zero-order valence-corrected chi connectivity index (χ0v) is 13.2. The van der Waals surface area contributed by atoms with E-state index in [1.807, 2.05) is 0 Å². The van der Waals surface area contributed by atoms with E-state index < -0.39 is 17.8 Å². The van der Waals surface area contributed by atoms with Crippen LogP contribution in [0.15, 0.2) is 48.5 Å². The number of nitrogens with zero attached hydrogens (tertiary/aromatic N) is 1. The monoisotopic (exact) mass is 346 g/mol. The number of ether oxygens (including phenoxy) is 1. The number of para-hydroxylation sites is 1. The van der Waals surface area contributed by atoms with E-state index >= 15 is 0 Å². The molecule has 1 atom stereocenters. The minimum absolute atomic E-state index is 0.00716. The number of anilines is 1. The molecule has 0 saturated carbocycles. The Labute approximate surface area is 143 Å². The molecular formula is C18H16F2N2O3. The van der Waals surface area contributed by atoms with Crippen molar-refractivity contribution < 1.29 is 23.1 Å². The highest BCUT2D eigenvalue weighted by molar-refractivity contribution is 5.98. The maximum Gasteiger partial charge on any atom is 0.249 e. The zero-order chi connectivity index (χ0) is 17.8. The first-order valence-electron chi connectivity index (χ1n) is 7.71. The lowest BCUT2D eigenvalue weighted by molar-refractivity contribution is -0.154. The van der Waals surface area contributed by atoms with Crippen LogP contribution >= 0.6 is 0 Å². The van der Waals surface area contributed by atoms with Crippen LogP contribution in [0.2, 0.25) is 0 Å². The van der Waals surface area contributed by atoms with Crippen LogP contribution in [0.25, 0.3) is 0 Å². The number of nitrogens with one attached hydrogen (secondary N) is 1. The Bertz CT molecular complexity index is 780. The molecule has 3 rings (SSSR count). The Morgan fingerprint density at radius 2 is 1.88 bits per heavy atom. The van der Waals surface area contributed by atoms with Crippen molar-refractivity contribution >= 4 is 17.5 Å². The lowest BCUT2D eigenvalue weighted by atomic mass is 10.1. The van der Waals surface area contributed by atoms with Crippen LogP contribution in [-0.4, -0.2) is 36.0 Å². The zero-order valence-electron chi connectivity index (χ0n) is 13.2. The normalized spacial score (nSPS) is 17.4. The Kier molecular flexibility index (Phi) is 5.04. The minimum atomic E-state index is -0.897. The predicted octanol–water partition coefficient (Wildman–Crippen LogP) is 2.33. The molecule has 0 unspecified atom stereocenters. The number of halogens is 2. The topological polar surface area (TPSA) is 58.6 Å². The molecule has 5 nitrogen and oxygen atoms in total. The van der Waals surface area contributed by atoms with Crippen molar-refractivity contribution in [1.29, 1.82) is 0 Å². The van der Waals surface area contributed by atoms with Gasteiger partial charge in [0.2, 0.25) is 11.8 Å². The fraction of sp³-hybridized carbons (Fsp3) is 0.222. The SMILES string of the molecule is O=C(Nc1ccccc1F)[C@@H]1COCC(=O)N1Cc1ccc(F)cc1. The van der Waals surface area contributed by atoms with E-state index in [0.717, 1.165) is 0 Å². The van der Waals surface area contributed by atoms with Gasteiger partial charge in [0.25, 0.3) is 0 Å². The summed E-state index contributed by atoms with van der Waals surface area (Å²) in [7, 11) is 0. The molecule has 0 aliphatic carbocycles. The molecule has 1 aliphatic rings. The second kappa shape index (κ2) is 7.40. The summed E-state index contributed by atoms with van der Waals surface area (Å²) in [6.45, 7) is 0.00965. The first-order valence-corrected chi connectivity index (χ1v) is 7.71. The number of carbonyl (C=O) groups is 2. The van der Waals surface area contributed by atoms with Crippen LogP contribution in [0.5, 0.6) is 0 Å². The van der Waals surface area contributed by atoms with Gasteiger partial charge in [-0.2, -0.15) is 0 Å². The van der Waals surface area contributed by atoms with E-state index in [1.54, 1.807) is 18.2 Å². The summed E-state index contributed by atoms with van der Waals surface area (Å²) in [6, 6.07) is 10.5. The fourth-order valence-corrected chi connectivity index (χ4v) is 2.59. The summed E-state index contributed by atoms with van der Waals surface area (Å²) in [6.07, 6.45) is 0. The van der Waals surface area contributed by atoms with Gasteiger partial charge in [-0.15, -0.1) is 0 Å². The van der Waals surface area contributed by atoms with E-state index in [0.29, 0.717) is 5.56 Å². The van der Waals surface area contributed by atoms with E-state index in [9.17, 15) is 18.4 Å². The molecule has 0 radical (unpaired) electrons. The van der Waals surface area contributed by atoms with Gasteiger partial charge in [-0.3, -0.25) is 9.59 Å². The van der Waals surface area contributed by atoms with Gasteiger partial charge >= 0.3 is 0 Å². The van der Waals surface area contributed by atoms with Crippen LogP contribution in [-0.2, 0) is 20.9 Å². The number of carbonyl (C=O) groups excluding carboxylic acids is 2. The third kappa shape index (κ3) is 4.00. The van der Waals surface area contributed by atoms with E-state index in [2.05, 4.69) is 5.32 Å². The number of morpholine rings is 1. The van der Waals surface area contributed by atoms with Gasteiger partial charge in [-0.05, 0) is 29.8 Å². The summed E-state index contributed by atoms with van der Waals surface area (Å²) >= 11 is 0. The van der Waals surface area contributed by atoms with Crippen molar-refractivity contribution in [2.75, 3.05) is 18.5 Å². The number of benzene rings is 2. The van der Waals surface area contributed by atoms with E-state index in [4.69, 9.17) is 4.74 Å². The van der Waals surface area contributed by atoms with E-state index in [1.165, 1.54) is 35.2 Å². The van der Waals surface area contributed by atoms with Crippen LogP contribution in [0, 0.1) is 11.6 Å². The van der Waals surface area contributed by atoms with Crippen LogP contribution in [0.4, 0.5) is 14.5 Å². The smallest absolute Gasteiger partial charge is 0.249 e. The molecule has 1 aliphatic heterocycles. The Balaban J connectivity index is 1.77. The predicted molar refractivity (Wildman–Crippen MR) is 86.6 cm³/mol. The molecule has 25 heavy (non-hydrogen) atoms. The standard InChI is InChI=1S/C18H16F2N2O3/c19-13-7-5-12(6-8-13)9-22-16(10-25-11-17(22)23)18(24)21-15-4-2-1-3-14(15)20/h1-8,16H,9-11H2,(H,21,24)/t16-/m0/s1. The molecule has 2 amide bonds. The van der Waals surface area contributed by atoms with Crippen molar-refractivity contribution in [2.45, 2.75) is 12.6 Å². The number of hydrogen-bond donors (Lipinski definition) is 1. The molecule has 0 aromatic heterocycles. The molecular weight excluding hydrogens is 330 g/mol. The molecule has 130 valence electrons. The lowest BCUT2D eigenvalue weighted by Gasteiger charge is -2.34. The number of amides is 2. The lowest BCUT2D eigenvalue weighted by Crippen LogP contribution is -2.54. The molecule has 0 bridgehead atoms. The minimum Gasteiger partial charge on any atom is -0.369 e. The summed E-state index contributed by atoms with van der Waals surface area (Å²) in [5, 5.41) is 2.48. The Morgan fingerprint density at radius 3 is 2.60 bits per heavy atom. The Hall–Kier alpha value is -2.80. The third-order valence-electron chi connectivity index (χ3n) is 3.90. The van der Waals surface area contributed by atoms with Crippen molar-refractivity contribution in [1.82, 2.24) is 4.90 Å². The Morgan fingerprint density at radius 1 is 1.16 bits per heavy atom. The number of hydrogen-bond acceptors (Lipinski definition) is 3. The highest BCUT2D eigenvalue weighted by atomic mass is 19.1. The highest BCUT2D eigenvalue weighted by Gasteiger charge is 2.34. The van der Waals surface area contributed by atoms with Gasteiger partial charge in [0.15, 0.2) is 0 Å². The molecule has 1 heterocycles. The van der Waals surface area contributed by atoms with Crippen LogP contribution in [0.3, 0.4) is 0 Å². The maximum atomic E-state index is 13.7. The quantitative estimate of drug-likeness (QED) is 0.924. The average Bonchev–Trinajstić information content (AvgIpc) is 2.60. The summed E-state index contributed by atoms with van der Waals surface area (Å²) < 4.78 is 31.9. The maximum absolute atomic E-state index is 13.7. The van der Waals surface area contributed by atoms with Gasteiger partial charge < -0.3 is 15.0 Å². The van der Waals surface area contributed by atoms with Gasteiger partial charge in [0.05, 0.1) is 12.3 Å². The number of rotatable bonds is 4. The van der Waals surface area contributed by atoms with E-state index in [-0.39, 0.29) is 37.2 Å². The third-order valence-corrected chi connectivity index (χ3v) is 3.90. The molecule has 1 saturated heterocycles. The second-order valence-electron chi connectivity index (χ2n) is 5.65. The molecule has 2 aromatic carbocycles. The fourth-order valence-electron chi connectivity index (χ4n) is 2.59. The molecule has 0 spiro atoms. The van der Waals surface area contributed by atoms with Crippen molar-refractivity contribution in [3.63, 3.8) is 0 Å². The molecule has 7 heteroatoms. The van der Waals surface area contributed by atoms with Gasteiger partial charge in [-0.1, -0.05) is 24.3 Å². The molecule has 1 fully saturated rings. The summed E-state index contributed by atoms with van der Waals surface area (Å²) in [4.78, 5) is 26.0. The molecule has 1 N–H and O–H groups in total. The van der Waals surface area contributed by atoms with Crippen molar-refractivity contribution in [3.8, 4) is 0 Å². The average molecular weight is 346 g/mol. The van der Waals surface area contributed by atoms with Crippen LogP contribution < -0.4 is 5.32 Å². The molecule has 2 aromatic rings. The first kappa shape index (κ1) is 17.0. The van der Waals surface area contributed by atoms with Crippen molar-refractivity contribution in [2.24, 2.45) is 0 Å². The van der Waals surface area contributed by atoms with Crippen molar-refractivity contribution in [3.05, 3.63) is 65.7 Å². The van der Waals surface area contributed by atoms with Gasteiger partial charge in [-0.25, -0.2) is 8.78 Å². The largest absolute Gasteiger partial charge is 0.369 e. The van der Waals surface area contributed by atoms with Crippen LogP contribution in [0.1, 0.15) is 5.56 Å². The van der Waals surface area contributed by atoms with Gasteiger partial charge in [0.1, 0.15) is 24.3 Å². The highest BCUT2D eigenvalue weighted by Crippen LogP contribution is 2.18. The summed E-state index contributed by atoms with van der Waals surface area (Å²) in [5.74, 6) is -1.85. The summed E-state index contributed by atoms with van der Waals surface area (Å²) in [5.41, 5.74) is 0.715. The second-order valence-corrected chi connectivity index (χ2v) is 5.65. The first-order chi connectivity index (χ1) is 12.0. The van der Waals surface area contributed by atoms with Gasteiger partial charge in [0, 0.05) is 6.54 Å².